The minimum absolute atomic E-state index is 0.0531. The predicted molar refractivity (Wildman–Crippen MR) is 92.1 cm³/mol. The van der Waals surface area contributed by atoms with Gasteiger partial charge in [-0.2, -0.15) is 0 Å². The third kappa shape index (κ3) is 8.43. The lowest BCUT2D eigenvalue weighted by Crippen LogP contribution is -1.98. The van der Waals surface area contributed by atoms with Crippen LogP contribution in [-0.2, 0) is 0 Å². The molecule has 0 saturated carbocycles. The van der Waals surface area contributed by atoms with Crippen molar-refractivity contribution < 1.29 is 14.8 Å². The summed E-state index contributed by atoms with van der Waals surface area (Å²) in [5.74, 6) is 0.137. The van der Waals surface area contributed by atoms with Gasteiger partial charge >= 0.3 is 0 Å². The summed E-state index contributed by atoms with van der Waals surface area (Å²) in [6.45, 7) is 2.71. The summed E-state index contributed by atoms with van der Waals surface area (Å²) < 4.78 is 5.45. The SMILES string of the molecule is CCCCCCCCCCCCOc1cc([N+](=O)[O-])ccc1O. The number of nitro benzene ring substituents is 1. The minimum atomic E-state index is -0.493. The van der Waals surface area contributed by atoms with Crippen LogP contribution >= 0.6 is 0 Å². The summed E-state index contributed by atoms with van der Waals surface area (Å²) >= 11 is 0. The normalized spacial score (nSPS) is 10.7. The van der Waals surface area contributed by atoms with Gasteiger partial charge in [0.25, 0.3) is 5.69 Å². The Hall–Kier alpha value is -1.78. The molecule has 0 amide bonds. The Labute approximate surface area is 138 Å². The van der Waals surface area contributed by atoms with Gasteiger partial charge in [0.1, 0.15) is 0 Å². The number of non-ortho nitro benzene ring substituents is 1. The van der Waals surface area contributed by atoms with E-state index in [-0.39, 0.29) is 17.2 Å². The van der Waals surface area contributed by atoms with Crippen molar-refractivity contribution in [3.8, 4) is 11.5 Å². The fourth-order valence-electron chi connectivity index (χ4n) is 2.50. The maximum Gasteiger partial charge on any atom is 0.273 e. The molecule has 0 radical (unpaired) electrons. The van der Waals surface area contributed by atoms with Gasteiger partial charge in [0.15, 0.2) is 11.5 Å². The van der Waals surface area contributed by atoms with E-state index < -0.39 is 4.92 Å². The Kier molecular flexibility index (Phi) is 9.84. The van der Waals surface area contributed by atoms with Crippen LogP contribution in [0.4, 0.5) is 5.69 Å². The number of hydrogen-bond donors (Lipinski definition) is 1. The molecule has 1 aromatic carbocycles. The number of hydrogen-bond acceptors (Lipinski definition) is 4. The molecule has 0 heterocycles. The van der Waals surface area contributed by atoms with Gasteiger partial charge in [0.2, 0.25) is 0 Å². The average Bonchev–Trinajstić information content (AvgIpc) is 2.54. The Balaban J connectivity index is 2.07. The number of benzene rings is 1. The highest BCUT2D eigenvalue weighted by molar-refractivity contribution is 5.47. The Morgan fingerprint density at radius 1 is 1.00 bits per heavy atom. The molecule has 0 aliphatic carbocycles. The molecule has 0 bridgehead atoms. The summed E-state index contributed by atoms with van der Waals surface area (Å²) in [4.78, 5) is 10.2. The number of nitrogens with zero attached hydrogens (tertiary/aromatic N) is 1. The Bertz CT molecular complexity index is 462. The molecule has 1 aromatic rings. The third-order valence-electron chi connectivity index (χ3n) is 3.91. The molecule has 5 heteroatoms. The lowest BCUT2D eigenvalue weighted by molar-refractivity contribution is -0.385. The first-order valence-electron chi connectivity index (χ1n) is 8.75. The van der Waals surface area contributed by atoms with Crippen LogP contribution < -0.4 is 4.74 Å². The molecule has 5 nitrogen and oxygen atoms in total. The lowest BCUT2D eigenvalue weighted by atomic mass is 10.1. The standard InChI is InChI=1S/C18H29NO4/c1-2-3-4-5-6-7-8-9-10-11-14-23-18-15-16(19(21)22)12-13-17(18)20/h12-13,15,20H,2-11,14H2,1H3. The first-order chi connectivity index (χ1) is 11.1. The van der Waals surface area contributed by atoms with E-state index in [9.17, 15) is 15.2 Å². The predicted octanol–water partition coefficient (Wildman–Crippen LogP) is 5.60. The van der Waals surface area contributed by atoms with Crippen molar-refractivity contribution in [2.75, 3.05) is 6.61 Å². The molecule has 0 fully saturated rings. The highest BCUT2D eigenvalue weighted by Gasteiger charge is 2.10. The second-order valence-electron chi connectivity index (χ2n) is 5.94. The number of unbranched alkanes of at least 4 members (excludes halogenated alkanes) is 9. The second-order valence-corrected chi connectivity index (χ2v) is 5.94. The van der Waals surface area contributed by atoms with Crippen molar-refractivity contribution in [1.29, 1.82) is 0 Å². The van der Waals surface area contributed by atoms with Gasteiger partial charge in [-0.15, -0.1) is 0 Å². The Morgan fingerprint density at radius 3 is 2.13 bits per heavy atom. The van der Waals surface area contributed by atoms with E-state index in [0.717, 1.165) is 12.8 Å². The van der Waals surface area contributed by atoms with Crippen LogP contribution in [0, 0.1) is 10.1 Å². The number of phenols is 1. The van der Waals surface area contributed by atoms with Crippen molar-refractivity contribution in [1.82, 2.24) is 0 Å². The molecule has 0 saturated heterocycles. The summed E-state index contributed by atoms with van der Waals surface area (Å²) in [5.41, 5.74) is -0.0686. The van der Waals surface area contributed by atoms with E-state index in [4.69, 9.17) is 4.74 Å². The van der Waals surface area contributed by atoms with Crippen LogP contribution in [0.5, 0.6) is 11.5 Å². The van der Waals surface area contributed by atoms with Gasteiger partial charge in [0, 0.05) is 6.07 Å². The summed E-state index contributed by atoms with van der Waals surface area (Å²) in [7, 11) is 0. The minimum Gasteiger partial charge on any atom is -0.504 e. The van der Waals surface area contributed by atoms with E-state index in [1.165, 1.54) is 69.6 Å². The monoisotopic (exact) mass is 323 g/mol. The highest BCUT2D eigenvalue weighted by Crippen LogP contribution is 2.30. The molecular weight excluding hydrogens is 294 g/mol. The zero-order chi connectivity index (χ0) is 16.9. The molecule has 0 aromatic heterocycles. The molecular formula is C18H29NO4. The van der Waals surface area contributed by atoms with Crippen LogP contribution in [-0.4, -0.2) is 16.6 Å². The quantitative estimate of drug-likeness (QED) is 0.291. The van der Waals surface area contributed by atoms with Crippen LogP contribution in [0.2, 0.25) is 0 Å². The summed E-state index contributed by atoms with van der Waals surface area (Å²) in [6.07, 6.45) is 12.4. The van der Waals surface area contributed by atoms with Crippen molar-refractivity contribution >= 4 is 5.69 Å². The maximum absolute atomic E-state index is 10.7. The van der Waals surface area contributed by atoms with Crippen molar-refractivity contribution in [3.63, 3.8) is 0 Å². The first-order valence-corrected chi connectivity index (χ1v) is 8.75. The largest absolute Gasteiger partial charge is 0.504 e. The van der Waals surface area contributed by atoms with Gasteiger partial charge in [-0.3, -0.25) is 10.1 Å². The van der Waals surface area contributed by atoms with E-state index in [1.807, 2.05) is 0 Å². The third-order valence-corrected chi connectivity index (χ3v) is 3.91. The van der Waals surface area contributed by atoms with Crippen LogP contribution in [0.1, 0.15) is 71.1 Å². The lowest BCUT2D eigenvalue weighted by Gasteiger charge is -2.07. The molecule has 23 heavy (non-hydrogen) atoms. The number of ether oxygens (including phenoxy) is 1. The van der Waals surface area contributed by atoms with E-state index >= 15 is 0 Å². The summed E-state index contributed by atoms with van der Waals surface area (Å²) in [6, 6.07) is 3.83. The topological polar surface area (TPSA) is 72.6 Å². The molecule has 1 N–H and O–H groups in total. The fraction of sp³-hybridized carbons (Fsp3) is 0.667. The van der Waals surface area contributed by atoms with E-state index in [2.05, 4.69) is 6.92 Å². The molecule has 0 spiro atoms. The zero-order valence-electron chi connectivity index (χ0n) is 14.1. The zero-order valence-corrected chi connectivity index (χ0v) is 14.1. The number of aromatic hydroxyl groups is 1. The van der Waals surface area contributed by atoms with Gasteiger partial charge < -0.3 is 9.84 Å². The molecule has 0 aliphatic heterocycles. The maximum atomic E-state index is 10.7. The van der Waals surface area contributed by atoms with Gasteiger partial charge in [-0.05, 0) is 12.5 Å². The van der Waals surface area contributed by atoms with Gasteiger partial charge in [-0.1, -0.05) is 64.7 Å². The van der Waals surface area contributed by atoms with Crippen molar-refractivity contribution in [3.05, 3.63) is 28.3 Å². The van der Waals surface area contributed by atoms with Gasteiger partial charge in [0.05, 0.1) is 17.6 Å². The van der Waals surface area contributed by atoms with Crippen molar-refractivity contribution in [2.24, 2.45) is 0 Å². The Morgan fingerprint density at radius 2 is 1.57 bits per heavy atom. The molecule has 0 atom stereocenters. The molecule has 130 valence electrons. The van der Waals surface area contributed by atoms with Gasteiger partial charge in [-0.25, -0.2) is 0 Å². The number of phenolic OH excluding ortho intramolecular Hbond substituents is 1. The second kappa shape index (κ2) is 11.7. The number of rotatable bonds is 13. The highest BCUT2D eigenvalue weighted by atomic mass is 16.6. The molecule has 0 unspecified atom stereocenters. The van der Waals surface area contributed by atoms with Crippen LogP contribution in [0.15, 0.2) is 18.2 Å². The summed E-state index contributed by atoms with van der Waals surface area (Å²) in [5, 5.41) is 20.3. The smallest absolute Gasteiger partial charge is 0.273 e. The number of nitro groups is 1. The molecule has 0 aliphatic rings. The van der Waals surface area contributed by atoms with E-state index in [1.54, 1.807) is 0 Å². The van der Waals surface area contributed by atoms with Crippen LogP contribution in [0.25, 0.3) is 0 Å². The van der Waals surface area contributed by atoms with E-state index in [0.29, 0.717) is 6.61 Å². The first kappa shape index (κ1) is 19.3. The molecule has 1 rings (SSSR count). The average molecular weight is 323 g/mol. The van der Waals surface area contributed by atoms with Crippen molar-refractivity contribution in [2.45, 2.75) is 71.1 Å². The van der Waals surface area contributed by atoms with Crippen LogP contribution in [0.3, 0.4) is 0 Å². The fourth-order valence-corrected chi connectivity index (χ4v) is 2.50.